The molecule has 2 aromatic carbocycles. The van der Waals surface area contributed by atoms with Gasteiger partial charge in [0.1, 0.15) is 0 Å². The molecule has 0 spiro atoms. The van der Waals surface area contributed by atoms with Crippen molar-refractivity contribution >= 4 is 23.4 Å². The van der Waals surface area contributed by atoms with E-state index in [1.807, 2.05) is 60.7 Å². The second kappa shape index (κ2) is 7.83. The Hall–Kier alpha value is -2.82. The zero-order valence-corrected chi connectivity index (χ0v) is 14.0. The largest absolute Gasteiger partial charge is 0.481 e. The Morgan fingerprint density at radius 1 is 0.840 bits per heavy atom. The second-order valence-corrected chi connectivity index (χ2v) is 6.34. The monoisotopic (exact) mass is 338 g/mol. The van der Waals surface area contributed by atoms with Crippen molar-refractivity contribution in [3.63, 3.8) is 0 Å². The van der Waals surface area contributed by atoms with Gasteiger partial charge in [-0.3, -0.25) is 9.69 Å². The Morgan fingerprint density at radius 3 is 1.76 bits per heavy atom. The zero-order valence-electron chi connectivity index (χ0n) is 14.0. The van der Waals surface area contributed by atoms with Crippen molar-refractivity contribution in [2.45, 2.75) is 31.7 Å². The van der Waals surface area contributed by atoms with Gasteiger partial charge in [-0.25, -0.2) is 4.79 Å². The zero-order chi connectivity index (χ0) is 17.6. The lowest BCUT2D eigenvalue weighted by Gasteiger charge is -2.30. The number of rotatable bonds is 4. The predicted molar refractivity (Wildman–Crippen MR) is 96.9 cm³/mol. The molecular weight excluding hydrogens is 316 g/mol. The molecule has 1 fully saturated rings. The number of hydrogen-bond donors (Lipinski definition) is 2. The number of anilines is 2. The number of benzene rings is 2. The number of aliphatic carboxylic acids is 1. The number of urea groups is 1. The van der Waals surface area contributed by atoms with E-state index in [4.69, 9.17) is 5.11 Å². The summed E-state index contributed by atoms with van der Waals surface area (Å²) in [6.07, 6.45) is 2.61. The lowest BCUT2D eigenvalue weighted by Crippen LogP contribution is -2.44. The fourth-order valence-electron chi connectivity index (χ4n) is 3.26. The molecule has 1 aliphatic rings. The first-order valence-electron chi connectivity index (χ1n) is 8.58. The molecule has 0 bridgehead atoms. The van der Waals surface area contributed by atoms with Crippen LogP contribution in [-0.2, 0) is 4.79 Å². The highest BCUT2D eigenvalue weighted by Crippen LogP contribution is 2.27. The maximum Gasteiger partial charge on any atom is 0.326 e. The van der Waals surface area contributed by atoms with Gasteiger partial charge < -0.3 is 10.4 Å². The van der Waals surface area contributed by atoms with Crippen LogP contribution in [0, 0.1) is 5.92 Å². The molecule has 5 nitrogen and oxygen atoms in total. The summed E-state index contributed by atoms with van der Waals surface area (Å²) in [7, 11) is 0. The van der Waals surface area contributed by atoms with Crippen molar-refractivity contribution in [1.29, 1.82) is 0 Å². The molecule has 3 rings (SSSR count). The van der Waals surface area contributed by atoms with Crippen LogP contribution in [0.1, 0.15) is 25.7 Å². The number of nitrogens with one attached hydrogen (secondary N) is 1. The highest BCUT2D eigenvalue weighted by molar-refractivity contribution is 5.99. The van der Waals surface area contributed by atoms with Crippen molar-refractivity contribution in [1.82, 2.24) is 5.32 Å². The molecule has 0 aliphatic heterocycles. The smallest absolute Gasteiger partial charge is 0.326 e. The van der Waals surface area contributed by atoms with Gasteiger partial charge in [-0.1, -0.05) is 36.4 Å². The molecule has 0 heterocycles. The average Bonchev–Trinajstić information content (AvgIpc) is 2.64. The number of carboxylic acid groups (broad SMARTS) is 1. The van der Waals surface area contributed by atoms with Gasteiger partial charge in [-0.2, -0.15) is 0 Å². The fourth-order valence-corrected chi connectivity index (χ4v) is 3.26. The molecule has 1 saturated carbocycles. The summed E-state index contributed by atoms with van der Waals surface area (Å²) >= 11 is 0. The number of carbonyl (C=O) groups is 2. The summed E-state index contributed by atoms with van der Waals surface area (Å²) in [5.41, 5.74) is 1.59. The molecule has 25 heavy (non-hydrogen) atoms. The standard InChI is InChI=1S/C20H22N2O3/c23-19(24)15-11-13-16(14-12-15)21-20(25)22(17-7-3-1-4-8-17)18-9-5-2-6-10-18/h1-10,15-16H,11-14H2,(H,21,25)(H,23,24). The van der Waals surface area contributed by atoms with E-state index in [0.29, 0.717) is 25.7 Å². The van der Waals surface area contributed by atoms with Crippen molar-refractivity contribution in [3.8, 4) is 0 Å². The highest BCUT2D eigenvalue weighted by Gasteiger charge is 2.28. The topological polar surface area (TPSA) is 69.6 Å². The van der Waals surface area contributed by atoms with Crippen LogP contribution in [0.3, 0.4) is 0 Å². The quantitative estimate of drug-likeness (QED) is 0.879. The molecule has 130 valence electrons. The maximum atomic E-state index is 12.9. The van der Waals surface area contributed by atoms with Gasteiger partial charge in [-0.05, 0) is 49.9 Å². The molecule has 2 aromatic rings. The Kier molecular flexibility index (Phi) is 5.33. The van der Waals surface area contributed by atoms with E-state index in [1.54, 1.807) is 4.90 Å². The molecule has 5 heteroatoms. The number of carboxylic acids is 1. The summed E-state index contributed by atoms with van der Waals surface area (Å²) in [6, 6.07) is 18.8. The van der Waals surface area contributed by atoms with Crippen LogP contribution < -0.4 is 10.2 Å². The number of amides is 2. The summed E-state index contributed by atoms with van der Waals surface area (Å²) in [5.74, 6) is -1.02. The van der Waals surface area contributed by atoms with E-state index in [1.165, 1.54) is 0 Å². The number of carbonyl (C=O) groups excluding carboxylic acids is 1. The van der Waals surface area contributed by atoms with Crippen LogP contribution in [0.5, 0.6) is 0 Å². The number of nitrogens with zero attached hydrogens (tertiary/aromatic N) is 1. The van der Waals surface area contributed by atoms with Crippen LogP contribution >= 0.6 is 0 Å². The van der Waals surface area contributed by atoms with Gasteiger partial charge in [0, 0.05) is 6.04 Å². The van der Waals surface area contributed by atoms with Crippen molar-refractivity contribution in [3.05, 3.63) is 60.7 Å². The average molecular weight is 338 g/mol. The van der Waals surface area contributed by atoms with E-state index >= 15 is 0 Å². The Labute approximate surface area is 147 Å². The number of hydrogen-bond acceptors (Lipinski definition) is 2. The van der Waals surface area contributed by atoms with Gasteiger partial charge in [-0.15, -0.1) is 0 Å². The van der Waals surface area contributed by atoms with E-state index in [9.17, 15) is 9.59 Å². The van der Waals surface area contributed by atoms with E-state index in [0.717, 1.165) is 11.4 Å². The van der Waals surface area contributed by atoms with Crippen LogP contribution in [0.2, 0.25) is 0 Å². The summed E-state index contributed by atoms with van der Waals surface area (Å²) in [5, 5.41) is 12.2. The number of para-hydroxylation sites is 2. The van der Waals surface area contributed by atoms with Gasteiger partial charge in [0.2, 0.25) is 0 Å². The molecule has 0 atom stereocenters. The Morgan fingerprint density at radius 2 is 1.32 bits per heavy atom. The summed E-state index contributed by atoms with van der Waals surface area (Å²) in [4.78, 5) is 25.6. The minimum Gasteiger partial charge on any atom is -0.481 e. The van der Waals surface area contributed by atoms with E-state index in [2.05, 4.69) is 5.32 Å². The molecule has 0 aromatic heterocycles. The molecule has 2 N–H and O–H groups in total. The van der Waals surface area contributed by atoms with Crippen LogP contribution in [-0.4, -0.2) is 23.1 Å². The van der Waals surface area contributed by atoms with Crippen molar-refractivity contribution < 1.29 is 14.7 Å². The minimum absolute atomic E-state index is 0.0121. The van der Waals surface area contributed by atoms with Crippen LogP contribution in [0.25, 0.3) is 0 Å². The highest BCUT2D eigenvalue weighted by atomic mass is 16.4. The normalized spacial score (nSPS) is 19.8. The maximum absolute atomic E-state index is 12.9. The van der Waals surface area contributed by atoms with E-state index in [-0.39, 0.29) is 18.0 Å². The third kappa shape index (κ3) is 4.18. The van der Waals surface area contributed by atoms with Crippen LogP contribution in [0.4, 0.5) is 16.2 Å². The summed E-state index contributed by atoms with van der Waals surface area (Å²) < 4.78 is 0. The Balaban J connectivity index is 1.74. The van der Waals surface area contributed by atoms with Crippen molar-refractivity contribution in [2.24, 2.45) is 5.92 Å². The third-order valence-corrected chi connectivity index (χ3v) is 4.64. The third-order valence-electron chi connectivity index (χ3n) is 4.64. The fraction of sp³-hybridized carbons (Fsp3) is 0.300. The molecule has 0 unspecified atom stereocenters. The predicted octanol–water partition coefficient (Wildman–Crippen LogP) is 4.18. The molecule has 2 amide bonds. The Bertz CT molecular complexity index is 671. The van der Waals surface area contributed by atoms with Crippen LogP contribution in [0.15, 0.2) is 60.7 Å². The molecule has 0 saturated heterocycles. The molecular formula is C20H22N2O3. The van der Waals surface area contributed by atoms with Gasteiger partial charge in [0.25, 0.3) is 0 Å². The first-order chi connectivity index (χ1) is 12.1. The lowest BCUT2D eigenvalue weighted by atomic mass is 9.86. The first-order valence-corrected chi connectivity index (χ1v) is 8.58. The van der Waals surface area contributed by atoms with Gasteiger partial charge in [0.05, 0.1) is 17.3 Å². The summed E-state index contributed by atoms with van der Waals surface area (Å²) in [6.45, 7) is 0. The van der Waals surface area contributed by atoms with Gasteiger partial charge >= 0.3 is 12.0 Å². The molecule has 1 aliphatic carbocycles. The lowest BCUT2D eigenvalue weighted by molar-refractivity contribution is -0.142. The van der Waals surface area contributed by atoms with Gasteiger partial charge in [0.15, 0.2) is 0 Å². The van der Waals surface area contributed by atoms with E-state index < -0.39 is 5.97 Å². The van der Waals surface area contributed by atoms with Crippen molar-refractivity contribution in [2.75, 3.05) is 4.90 Å². The second-order valence-electron chi connectivity index (χ2n) is 6.34. The first kappa shape index (κ1) is 17.0. The molecule has 0 radical (unpaired) electrons. The SMILES string of the molecule is O=C(O)C1CCC(NC(=O)N(c2ccccc2)c2ccccc2)CC1. The minimum atomic E-state index is -0.736.